The molecule has 1 heterocycles. The molecular formula is C13H27ClN2O3S. The van der Waals surface area contributed by atoms with E-state index in [4.69, 9.17) is 10.5 Å². The standard InChI is InChI=1S/C13H26N2O3S.ClH/c14-13(7-3-1-4-8-13)11-15-19(16,17)10-12-6-2-5-9-18-12;/h12,15H,1-11,14H2;1H. The van der Waals surface area contributed by atoms with Crippen molar-refractivity contribution in [2.45, 2.75) is 63.0 Å². The van der Waals surface area contributed by atoms with Gasteiger partial charge < -0.3 is 10.5 Å². The van der Waals surface area contributed by atoms with Crippen LogP contribution in [0.2, 0.25) is 0 Å². The number of rotatable bonds is 5. The van der Waals surface area contributed by atoms with Crippen molar-refractivity contribution < 1.29 is 13.2 Å². The fraction of sp³-hybridized carbons (Fsp3) is 1.00. The third kappa shape index (κ3) is 5.85. The van der Waals surface area contributed by atoms with Gasteiger partial charge in [0, 0.05) is 18.7 Å². The van der Waals surface area contributed by atoms with Gasteiger partial charge in [0.05, 0.1) is 11.9 Å². The van der Waals surface area contributed by atoms with Gasteiger partial charge in [0.15, 0.2) is 0 Å². The summed E-state index contributed by atoms with van der Waals surface area (Å²) in [4.78, 5) is 0. The lowest BCUT2D eigenvalue weighted by molar-refractivity contribution is 0.0303. The van der Waals surface area contributed by atoms with Crippen LogP contribution in [0, 0.1) is 0 Å². The SMILES string of the molecule is Cl.NC1(CNS(=O)(=O)CC2CCCCO2)CCCCC1. The molecule has 2 aliphatic rings. The minimum Gasteiger partial charge on any atom is -0.377 e. The Morgan fingerprint density at radius 2 is 1.85 bits per heavy atom. The molecule has 1 unspecified atom stereocenters. The highest BCUT2D eigenvalue weighted by molar-refractivity contribution is 7.89. The van der Waals surface area contributed by atoms with Gasteiger partial charge in [-0.15, -0.1) is 12.4 Å². The van der Waals surface area contributed by atoms with E-state index >= 15 is 0 Å². The van der Waals surface area contributed by atoms with Crippen LogP contribution in [0.1, 0.15) is 51.4 Å². The van der Waals surface area contributed by atoms with Crippen molar-refractivity contribution in [1.82, 2.24) is 4.72 Å². The first-order chi connectivity index (χ1) is 8.99. The number of sulfonamides is 1. The smallest absolute Gasteiger partial charge is 0.214 e. The molecule has 0 radical (unpaired) electrons. The molecule has 1 atom stereocenters. The van der Waals surface area contributed by atoms with Crippen LogP contribution in [0.3, 0.4) is 0 Å². The van der Waals surface area contributed by atoms with Crippen LogP contribution in [0.5, 0.6) is 0 Å². The number of nitrogens with two attached hydrogens (primary N) is 1. The van der Waals surface area contributed by atoms with Gasteiger partial charge in [-0.2, -0.15) is 0 Å². The zero-order chi connectivity index (χ0) is 13.8. The quantitative estimate of drug-likeness (QED) is 0.803. The maximum Gasteiger partial charge on any atom is 0.214 e. The van der Waals surface area contributed by atoms with Gasteiger partial charge >= 0.3 is 0 Å². The van der Waals surface area contributed by atoms with Crippen molar-refractivity contribution in [3.8, 4) is 0 Å². The summed E-state index contributed by atoms with van der Waals surface area (Å²) in [5.41, 5.74) is 5.89. The Labute approximate surface area is 128 Å². The molecule has 2 rings (SSSR count). The Morgan fingerprint density at radius 1 is 1.15 bits per heavy atom. The van der Waals surface area contributed by atoms with E-state index in [2.05, 4.69) is 4.72 Å². The summed E-state index contributed by atoms with van der Waals surface area (Å²) in [6.45, 7) is 1.04. The summed E-state index contributed by atoms with van der Waals surface area (Å²) in [7, 11) is -3.27. The third-order valence-corrected chi connectivity index (χ3v) is 5.57. The first kappa shape index (κ1) is 18.2. The first-order valence-electron chi connectivity index (χ1n) is 7.37. The number of halogens is 1. The Kier molecular flexibility index (Phi) is 7.21. The summed E-state index contributed by atoms with van der Waals surface area (Å²) in [6, 6.07) is 0. The molecule has 0 aromatic rings. The number of nitrogens with one attached hydrogen (secondary N) is 1. The molecule has 2 fully saturated rings. The lowest BCUT2D eigenvalue weighted by atomic mass is 9.83. The highest BCUT2D eigenvalue weighted by Gasteiger charge is 2.30. The summed E-state index contributed by atoms with van der Waals surface area (Å²) < 4.78 is 32.2. The van der Waals surface area contributed by atoms with Gasteiger partial charge in [0.25, 0.3) is 0 Å². The molecule has 120 valence electrons. The van der Waals surface area contributed by atoms with Crippen molar-refractivity contribution >= 4 is 22.4 Å². The maximum absolute atomic E-state index is 12.0. The van der Waals surface area contributed by atoms with Crippen molar-refractivity contribution in [2.24, 2.45) is 5.73 Å². The lowest BCUT2D eigenvalue weighted by Gasteiger charge is -2.33. The van der Waals surface area contributed by atoms with Gasteiger partial charge in [0.1, 0.15) is 0 Å². The number of ether oxygens (including phenoxy) is 1. The molecule has 0 amide bonds. The molecule has 5 nitrogen and oxygen atoms in total. The van der Waals surface area contributed by atoms with E-state index in [0.717, 1.165) is 44.9 Å². The Hall–Kier alpha value is 0.120. The topological polar surface area (TPSA) is 81.4 Å². The molecule has 20 heavy (non-hydrogen) atoms. The molecule has 1 saturated carbocycles. The summed E-state index contributed by atoms with van der Waals surface area (Å²) in [6.07, 6.45) is 8.03. The van der Waals surface area contributed by atoms with Crippen LogP contribution < -0.4 is 10.5 Å². The summed E-state index contributed by atoms with van der Waals surface area (Å²) in [5.74, 6) is 0.0725. The van der Waals surface area contributed by atoms with Crippen molar-refractivity contribution in [1.29, 1.82) is 0 Å². The largest absolute Gasteiger partial charge is 0.377 e. The molecule has 0 spiro atoms. The molecular weight excluding hydrogens is 300 g/mol. The van der Waals surface area contributed by atoms with Gasteiger partial charge in [0.2, 0.25) is 10.0 Å². The zero-order valence-electron chi connectivity index (χ0n) is 12.0. The molecule has 0 bridgehead atoms. The van der Waals surface area contributed by atoms with Gasteiger partial charge in [-0.1, -0.05) is 19.3 Å². The fourth-order valence-electron chi connectivity index (χ4n) is 2.93. The lowest BCUT2D eigenvalue weighted by Crippen LogP contribution is -2.52. The van der Waals surface area contributed by atoms with E-state index in [1.165, 1.54) is 6.42 Å². The highest BCUT2D eigenvalue weighted by atomic mass is 35.5. The van der Waals surface area contributed by atoms with E-state index in [-0.39, 0.29) is 29.8 Å². The number of hydrogen-bond donors (Lipinski definition) is 2. The van der Waals surface area contributed by atoms with E-state index in [9.17, 15) is 8.42 Å². The molecule has 1 aliphatic heterocycles. The predicted octanol–water partition coefficient (Wildman–Crippen LogP) is 1.56. The average Bonchev–Trinajstić information content (AvgIpc) is 2.38. The van der Waals surface area contributed by atoms with Gasteiger partial charge in [-0.25, -0.2) is 13.1 Å². The van der Waals surface area contributed by atoms with Crippen LogP contribution in [-0.4, -0.2) is 39.0 Å². The van der Waals surface area contributed by atoms with Gasteiger partial charge in [-0.3, -0.25) is 0 Å². The van der Waals surface area contributed by atoms with Crippen LogP contribution in [0.4, 0.5) is 0 Å². The van der Waals surface area contributed by atoms with Crippen LogP contribution in [0.25, 0.3) is 0 Å². The minimum atomic E-state index is -3.27. The number of hydrogen-bond acceptors (Lipinski definition) is 4. The van der Waals surface area contributed by atoms with E-state index in [1.807, 2.05) is 0 Å². The van der Waals surface area contributed by atoms with E-state index in [1.54, 1.807) is 0 Å². The first-order valence-corrected chi connectivity index (χ1v) is 9.02. The summed E-state index contributed by atoms with van der Waals surface area (Å²) in [5, 5.41) is 0. The van der Waals surface area contributed by atoms with Crippen molar-refractivity contribution in [2.75, 3.05) is 18.9 Å². The maximum atomic E-state index is 12.0. The van der Waals surface area contributed by atoms with E-state index < -0.39 is 10.0 Å². The predicted molar refractivity (Wildman–Crippen MR) is 82.6 cm³/mol. The molecule has 1 aliphatic carbocycles. The molecule has 0 aromatic heterocycles. The second-order valence-electron chi connectivity index (χ2n) is 6.01. The van der Waals surface area contributed by atoms with Crippen LogP contribution in [-0.2, 0) is 14.8 Å². The third-order valence-electron chi connectivity index (χ3n) is 4.17. The second kappa shape index (κ2) is 7.94. The minimum absolute atomic E-state index is 0. The van der Waals surface area contributed by atoms with Crippen LogP contribution >= 0.6 is 12.4 Å². The molecule has 7 heteroatoms. The van der Waals surface area contributed by atoms with E-state index in [0.29, 0.717) is 13.2 Å². The molecule has 3 N–H and O–H groups in total. The summed E-state index contributed by atoms with van der Waals surface area (Å²) >= 11 is 0. The Morgan fingerprint density at radius 3 is 2.45 bits per heavy atom. The Balaban J connectivity index is 0.00000200. The fourth-order valence-corrected chi connectivity index (χ4v) is 4.31. The molecule has 0 aromatic carbocycles. The van der Waals surface area contributed by atoms with Gasteiger partial charge in [-0.05, 0) is 32.1 Å². The average molecular weight is 327 g/mol. The zero-order valence-corrected chi connectivity index (χ0v) is 13.6. The second-order valence-corrected chi connectivity index (χ2v) is 7.87. The van der Waals surface area contributed by atoms with Crippen LogP contribution in [0.15, 0.2) is 0 Å². The van der Waals surface area contributed by atoms with Crippen molar-refractivity contribution in [3.05, 3.63) is 0 Å². The molecule has 1 saturated heterocycles. The normalized spacial score (nSPS) is 26.8. The van der Waals surface area contributed by atoms with Crippen molar-refractivity contribution in [3.63, 3.8) is 0 Å². The monoisotopic (exact) mass is 326 g/mol. The Bertz CT molecular complexity index is 377. The highest BCUT2D eigenvalue weighted by Crippen LogP contribution is 2.25.